The van der Waals surface area contributed by atoms with Crippen molar-refractivity contribution in [2.24, 2.45) is 0 Å². The van der Waals surface area contributed by atoms with Gasteiger partial charge in [-0.3, -0.25) is 0 Å². The maximum atomic E-state index is 11.9. The number of hydrogen-bond donors (Lipinski definition) is 1. The molecule has 1 N–H and O–H groups in total. The lowest BCUT2D eigenvalue weighted by molar-refractivity contribution is 0.0195. The van der Waals surface area contributed by atoms with Crippen molar-refractivity contribution in [1.29, 1.82) is 0 Å². The fraction of sp³-hybridized carbons (Fsp3) is 0.929. The highest BCUT2D eigenvalue weighted by Crippen LogP contribution is 2.16. The second kappa shape index (κ2) is 6.09. The number of amides is 1. The molecule has 2 heterocycles. The van der Waals surface area contributed by atoms with Crippen molar-refractivity contribution in [3.8, 4) is 0 Å². The number of piperidine rings is 1. The minimum atomic E-state index is -0.409. The number of nitrogens with one attached hydrogen (secondary N) is 1. The highest BCUT2D eigenvalue weighted by Gasteiger charge is 2.28. The fourth-order valence-electron chi connectivity index (χ4n) is 2.55. The summed E-state index contributed by atoms with van der Waals surface area (Å²) in [6.07, 6.45) is 2.91. The van der Waals surface area contributed by atoms with E-state index in [4.69, 9.17) is 9.47 Å². The Morgan fingerprint density at radius 2 is 1.89 bits per heavy atom. The van der Waals surface area contributed by atoms with Crippen molar-refractivity contribution in [3.05, 3.63) is 0 Å². The van der Waals surface area contributed by atoms with Gasteiger partial charge in [-0.05, 0) is 40.0 Å². The molecule has 0 aromatic heterocycles. The zero-order valence-electron chi connectivity index (χ0n) is 12.3. The predicted octanol–water partition coefficient (Wildman–Crippen LogP) is 1.76. The first-order chi connectivity index (χ1) is 8.94. The van der Waals surface area contributed by atoms with Crippen LogP contribution in [0.15, 0.2) is 0 Å². The van der Waals surface area contributed by atoms with E-state index in [9.17, 15) is 4.79 Å². The molecule has 19 heavy (non-hydrogen) atoms. The molecule has 0 saturated carbocycles. The van der Waals surface area contributed by atoms with Gasteiger partial charge in [-0.15, -0.1) is 0 Å². The van der Waals surface area contributed by atoms with Crippen LogP contribution in [-0.2, 0) is 9.47 Å². The molecule has 0 radical (unpaired) electrons. The molecule has 0 spiro atoms. The lowest BCUT2D eigenvalue weighted by Crippen LogP contribution is -2.48. The third-order valence-corrected chi connectivity index (χ3v) is 3.55. The van der Waals surface area contributed by atoms with Gasteiger partial charge in [-0.2, -0.15) is 0 Å². The largest absolute Gasteiger partial charge is 0.444 e. The highest BCUT2D eigenvalue weighted by atomic mass is 16.6. The van der Waals surface area contributed by atoms with Gasteiger partial charge in [0.1, 0.15) is 5.60 Å². The molecule has 2 saturated heterocycles. The molecule has 5 heteroatoms. The molecule has 0 bridgehead atoms. The second-order valence-corrected chi connectivity index (χ2v) is 6.47. The summed E-state index contributed by atoms with van der Waals surface area (Å²) < 4.78 is 10.8. The van der Waals surface area contributed by atoms with Gasteiger partial charge in [0, 0.05) is 31.8 Å². The van der Waals surface area contributed by atoms with Crippen LogP contribution in [0.4, 0.5) is 4.79 Å². The van der Waals surface area contributed by atoms with E-state index in [1.807, 2.05) is 25.7 Å². The van der Waals surface area contributed by atoms with Crippen LogP contribution in [0.1, 0.15) is 40.0 Å². The monoisotopic (exact) mass is 270 g/mol. The summed E-state index contributed by atoms with van der Waals surface area (Å²) in [6, 6.07) is 1.00. The van der Waals surface area contributed by atoms with Gasteiger partial charge in [0.2, 0.25) is 0 Å². The van der Waals surface area contributed by atoms with Crippen LogP contribution in [0.25, 0.3) is 0 Å². The zero-order valence-corrected chi connectivity index (χ0v) is 12.3. The summed E-state index contributed by atoms with van der Waals surface area (Å²) in [5, 5.41) is 3.62. The van der Waals surface area contributed by atoms with Gasteiger partial charge >= 0.3 is 6.09 Å². The number of likely N-dealkylation sites (tertiary alicyclic amines) is 1. The molecule has 0 aliphatic carbocycles. The van der Waals surface area contributed by atoms with Crippen molar-refractivity contribution >= 4 is 6.09 Å². The predicted molar refractivity (Wildman–Crippen MR) is 73.2 cm³/mol. The highest BCUT2D eigenvalue weighted by molar-refractivity contribution is 5.68. The van der Waals surface area contributed by atoms with E-state index in [2.05, 4.69) is 5.32 Å². The van der Waals surface area contributed by atoms with Gasteiger partial charge in [0.15, 0.2) is 0 Å². The first-order valence-corrected chi connectivity index (χ1v) is 7.26. The summed E-state index contributed by atoms with van der Waals surface area (Å²) in [6.45, 7) is 8.96. The molecule has 2 aliphatic rings. The van der Waals surface area contributed by atoms with Gasteiger partial charge < -0.3 is 19.7 Å². The van der Waals surface area contributed by atoms with Crippen LogP contribution in [0.2, 0.25) is 0 Å². The Bertz CT molecular complexity index is 300. The summed E-state index contributed by atoms with van der Waals surface area (Å²) in [4.78, 5) is 13.7. The quantitative estimate of drug-likeness (QED) is 0.831. The summed E-state index contributed by atoms with van der Waals surface area (Å²) in [7, 11) is 0. The van der Waals surface area contributed by atoms with E-state index in [-0.39, 0.29) is 6.09 Å². The molecule has 5 nitrogen and oxygen atoms in total. The smallest absolute Gasteiger partial charge is 0.410 e. The van der Waals surface area contributed by atoms with Crippen LogP contribution in [-0.4, -0.2) is 55.0 Å². The summed E-state index contributed by atoms with van der Waals surface area (Å²) in [5.74, 6) is 0. The maximum absolute atomic E-state index is 11.9. The molecule has 0 aromatic carbocycles. The number of carbonyl (C=O) groups excluding carboxylic acids is 1. The zero-order chi connectivity index (χ0) is 13.9. The Morgan fingerprint density at radius 1 is 1.21 bits per heavy atom. The molecule has 0 aromatic rings. The van der Waals surface area contributed by atoms with Crippen molar-refractivity contribution in [1.82, 2.24) is 10.2 Å². The summed E-state index contributed by atoms with van der Waals surface area (Å²) >= 11 is 0. The lowest BCUT2D eigenvalue weighted by Gasteiger charge is -2.34. The molecule has 110 valence electrons. The topological polar surface area (TPSA) is 50.8 Å². The van der Waals surface area contributed by atoms with E-state index in [0.29, 0.717) is 12.1 Å². The number of carbonyl (C=O) groups is 1. The molecule has 1 unspecified atom stereocenters. The maximum Gasteiger partial charge on any atom is 0.410 e. The second-order valence-electron chi connectivity index (χ2n) is 6.47. The Kier molecular flexibility index (Phi) is 4.68. The van der Waals surface area contributed by atoms with Crippen LogP contribution in [0, 0.1) is 0 Å². The molecule has 1 amide bonds. The van der Waals surface area contributed by atoms with E-state index in [0.717, 1.165) is 45.6 Å². The minimum Gasteiger partial charge on any atom is -0.444 e. The van der Waals surface area contributed by atoms with Crippen molar-refractivity contribution < 1.29 is 14.3 Å². The third-order valence-electron chi connectivity index (χ3n) is 3.55. The van der Waals surface area contributed by atoms with E-state index in [1.54, 1.807) is 0 Å². The molecular formula is C14H26N2O3. The van der Waals surface area contributed by atoms with Gasteiger partial charge in [0.05, 0.1) is 6.61 Å². The van der Waals surface area contributed by atoms with E-state index >= 15 is 0 Å². The van der Waals surface area contributed by atoms with Crippen LogP contribution in [0.5, 0.6) is 0 Å². The average Bonchev–Trinajstić information content (AvgIpc) is 2.80. The first-order valence-electron chi connectivity index (χ1n) is 7.26. The van der Waals surface area contributed by atoms with Crippen molar-refractivity contribution in [3.63, 3.8) is 0 Å². The molecule has 1 atom stereocenters. The normalized spacial score (nSPS) is 25.6. The minimum absolute atomic E-state index is 0.185. The van der Waals surface area contributed by atoms with E-state index in [1.165, 1.54) is 0 Å². The van der Waals surface area contributed by atoms with Gasteiger partial charge in [0.25, 0.3) is 0 Å². The number of hydrogen-bond acceptors (Lipinski definition) is 4. The third kappa shape index (κ3) is 4.66. The van der Waals surface area contributed by atoms with Crippen LogP contribution < -0.4 is 5.32 Å². The number of rotatable bonds is 2. The number of ether oxygens (including phenoxy) is 2. The Morgan fingerprint density at radius 3 is 2.42 bits per heavy atom. The van der Waals surface area contributed by atoms with Gasteiger partial charge in [-0.25, -0.2) is 4.79 Å². The van der Waals surface area contributed by atoms with Crippen LogP contribution >= 0.6 is 0 Å². The molecule has 2 fully saturated rings. The van der Waals surface area contributed by atoms with Crippen molar-refractivity contribution in [2.75, 3.05) is 26.3 Å². The fourth-order valence-corrected chi connectivity index (χ4v) is 2.55. The SMILES string of the molecule is CC(C)(C)OC(=O)N1CCC(NC2CCOC2)CC1. The van der Waals surface area contributed by atoms with Crippen molar-refractivity contribution in [2.45, 2.75) is 57.7 Å². The van der Waals surface area contributed by atoms with E-state index < -0.39 is 5.60 Å². The Labute approximate surface area is 115 Å². The Hall–Kier alpha value is -0.810. The molecular weight excluding hydrogens is 244 g/mol. The standard InChI is InChI=1S/C14H26N2O3/c1-14(2,3)19-13(17)16-7-4-11(5-8-16)15-12-6-9-18-10-12/h11-12,15H,4-10H2,1-3H3. The average molecular weight is 270 g/mol. The lowest BCUT2D eigenvalue weighted by atomic mass is 10.0. The summed E-state index contributed by atoms with van der Waals surface area (Å²) in [5.41, 5.74) is -0.409. The molecule has 2 aliphatic heterocycles. The Balaban J connectivity index is 1.71. The van der Waals surface area contributed by atoms with Crippen LogP contribution in [0.3, 0.4) is 0 Å². The molecule has 2 rings (SSSR count). The first kappa shape index (κ1) is 14.6. The number of nitrogens with zero attached hydrogens (tertiary/aromatic N) is 1. The van der Waals surface area contributed by atoms with Gasteiger partial charge in [-0.1, -0.05) is 0 Å².